The number of hydrogen-bond acceptors (Lipinski definition) is 4. The van der Waals surface area contributed by atoms with Crippen LogP contribution in [0.1, 0.15) is 22.5 Å². The van der Waals surface area contributed by atoms with Crippen LogP contribution in [0.4, 0.5) is 0 Å². The first-order chi connectivity index (χ1) is 12.8. The second-order valence-corrected chi connectivity index (χ2v) is 6.82. The molecule has 0 aliphatic carbocycles. The van der Waals surface area contributed by atoms with Crippen LogP contribution in [0, 0.1) is 0 Å². The van der Waals surface area contributed by atoms with Crippen LogP contribution in [0.2, 0.25) is 0 Å². The molecule has 0 unspecified atom stereocenters. The highest BCUT2D eigenvalue weighted by molar-refractivity contribution is 7.99. The Morgan fingerprint density at radius 3 is 2.50 bits per heavy atom. The number of hydrogen-bond donors (Lipinski definition) is 1. The number of amides is 1. The second kappa shape index (κ2) is 9.73. The Morgan fingerprint density at radius 2 is 1.73 bits per heavy atom. The lowest BCUT2D eigenvalue weighted by Gasteiger charge is -2.07. The first kappa shape index (κ1) is 18.1. The molecule has 1 aromatic heterocycles. The number of benzene rings is 2. The molecule has 1 N–H and O–H groups in total. The van der Waals surface area contributed by atoms with Crippen molar-refractivity contribution in [2.75, 3.05) is 12.3 Å². The van der Waals surface area contributed by atoms with E-state index in [4.69, 9.17) is 9.15 Å². The maximum atomic E-state index is 12.3. The van der Waals surface area contributed by atoms with Crippen molar-refractivity contribution in [1.29, 1.82) is 0 Å². The van der Waals surface area contributed by atoms with Crippen molar-refractivity contribution in [1.82, 2.24) is 5.32 Å². The van der Waals surface area contributed by atoms with Crippen LogP contribution >= 0.6 is 11.8 Å². The van der Waals surface area contributed by atoms with E-state index in [1.165, 1.54) is 11.2 Å². The summed E-state index contributed by atoms with van der Waals surface area (Å²) in [5.74, 6) is 1.83. The number of nitrogens with one attached hydrogen (secondary N) is 1. The van der Waals surface area contributed by atoms with Crippen molar-refractivity contribution in [3.8, 4) is 5.75 Å². The summed E-state index contributed by atoms with van der Waals surface area (Å²) in [7, 11) is 0. The molecule has 0 aliphatic heterocycles. The monoisotopic (exact) mass is 367 g/mol. The zero-order chi connectivity index (χ0) is 18.0. The Kier molecular flexibility index (Phi) is 6.79. The van der Waals surface area contributed by atoms with Crippen LogP contribution in [-0.4, -0.2) is 18.2 Å². The number of para-hydroxylation sites is 1. The number of carbonyl (C=O) groups excluding carboxylic acids is 1. The summed E-state index contributed by atoms with van der Waals surface area (Å²) in [5, 5.41) is 2.91. The largest absolute Gasteiger partial charge is 0.489 e. The topological polar surface area (TPSA) is 51.5 Å². The van der Waals surface area contributed by atoms with Crippen LogP contribution in [0.3, 0.4) is 0 Å². The fourth-order valence-corrected chi connectivity index (χ4v) is 3.26. The van der Waals surface area contributed by atoms with Crippen molar-refractivity contribution >= 4 is 17.7 Å². The van der Waals surface area contributed by atoms with Gasteiger partial charge in [0, 0.05) is 17.0 Å². The van der Waals surface area contributed by atoms with Gasteiger partial charge in [0.1, 0.15) is 12.4 Å². The number of carbonyl (C=O) groups is 1. The van der Waals surface area contributed by atoms with Gasteiger partial charge < -0.3 is 14.5 Å². The van der Waals surface area contributed by atoms with Gasteiger partial charge in [-0.25, -0.2) is 0 Å². The third kappa shape index (κ3) is 5.43. The fourth-order valence-electron chi connectivity index (χ4n) is 2.39. The van der Waals surface area contributed by atoms with E-state index in [0.717, 1.165) is 23.5 Å². The van der Waals surface area contributed by atoms with E-state index in [9.17, 15) is 4.79 Å². The smallest absolute Gasteiger partial charge is 0.287 e. The summed E-state index contributed by atoms with van der Waals surface area (Å²) in [4.78, 5) is 13.5. The maximum absolute atomic E-state index is 12.3. The highest BCUT2D eigenvalue weighted by atomic mass is 32.2. The van der Waals surface area contributed by atoms with Crippen molar-refractivity contribution in [3.05, 3.63) is 84.3 Å². The van der Waals surface area contributed by atoms with Gasteiger partial charge in [-0.05, 0) is 42.5 Å². The first-order valence-electron chi connectivity index (χ1n) is 8.53. The Bertz CT molecular complexity index is 802. The summed E-state index contributed by atoms with van der Waals surface area (Å²) in [6.45, 7) is 0.908. The van der Waals surface area contributed by atoms with Crippen molar-refractivity contribution < 1.29 is 13.9 Å². The molecule has 134 valence electrons. The van der Waals surface area contributed by atoms with Crippen molar-refractivity contribution in [3.63, 3.8) is 0 Å². The molecular formula is C21H21NO3S. The van der Waals surface area contributed by atoms with Crippen LogP contribution in [-0.2, 0) is 6.61 Å². The summed E-state index contributed by atoms with van der Waals surface area (Å²) in [5.41, 5.74) is 0.741. The first-order valence-corrected chi connectivity index (χ1v) is 9.52. The molecule has 0 radical (unpaired) electrons. The molecule has 1 heterocycles. The summed E-state index contributed by atoms with van der Waals surface area (Å²) in [6, 6.07) is 21.5. The molecule has 2 aromatic carbocycles. The van der Waals surface area contributed by atoms with E-state index in [0.29, 0.717) is 18.9 Å². The lowest BCUT2D eigenvalue weighted by Crippen LogP contribution is -2.25. The van der Waals surface area contributed by atoms with E-state index in [-0.39, 0.29) is 5.91 Å². The van der Waals surface area contributed by atoms with Crippen LogP contribution in [0.5, 0.6) is 5.75 Å². The molecule has 0 spiro atoms. The molecule has 0 fully saturated rings. The molecule has 0 atom stereocenters. The van der Waals surface area contributed by atoms with Crippen LogP contribution < -0.4 is 10.1 Å². The number of thioether (sulfide) groups is 1. The van der Waals surface area contributed by atoms with Gasteiger partial charge in [0.15, 0.2) is 5.76 Å². The van der Waals surface area contributed by atoms with Gasteiger partial charge in [-0.3, -0.25) is 4.79 Å². The van der Waals surface area contributed by atoms with Gasteiger partial charge in [-0.15, -0.1) is 11.8 Å². The quantitative estimate of drug-likeness (QED) is 0.437. The van der Waals surface area contributed by atoms with Gasteiger partial charge in [0.2, 0.25) is 0 Å². The van der Waals surface area contributed by atoms with Gasteiger partial charge >= 0.3 is 0 Å². The molecular weight excluding hydrogens is 346 g/mol. The van der Waals surface area contributed by atoms with E-state index in [2.05, 4.69) is 17.4 Å². The van der Waals surface area contributed by atoms with E-state index in [1.807, 2.05) is 48.5 Å². The molecule has 0 saturated carbocycles. The molecule has 5 heteroatoms. The van der Waals surface area contributed by atoms with Gasteiger partial charge in [-0.1, -0.05) is 36.4 Å². The normalized spacial score (nSPS) is 10.5. The third-order valence-electron chi connectivity index (χ3n) is 3.71. The van der Waals surface area contributed by atoms with E-state index in [1.54, 1.807) is 17.8 Å². The molecule has 3 rings (SSSR count). The standard InChI is InChI=1S/C21H21NO3S/c23-21(22-13-7-15-26-19-10-5-2-6-11-19)20-17(12-14-24-20)16-25-18-8-3-1-4-9-18/h1-6,8-12,14H,7,13,15-16H2,(H,22,23). The summed E-state index contributed by atoms with van der Waals surface area (Å²) < 4.78 is 11.0. The summed E-state index contributed by atoms with van der Waals surface area (Å²) in [6.07, 6.45) is 2.41. The molecule has 1 amide bonds. The van der Waals surface area contributed by atoms with Gasteiger partial charge in [0.05, 0.1) is 6.26 Å². The Labute approximate surface area is 157 Å². The minimum atomic E-state index is -0.202. The number of furan rings is 1. The van der Waals surface area contributed by atoms with Gasteiger partial charge in [0.25, 0.3) is 5.91 Å². The minimum Gasteiger partial charge on any atom is -0.489 e. The fraction of sp³-hybridized carbons (Fsp3) is 0.190. The third-order valence-corrected chi connectivity index (χ3v) is 4.81. The number of rotatable bonds is 9. The molecule has 26 heavy (non-hydrogen) atoms. The van der Waals surface area contributed by atoms with Crippen LogP contribution in [0.25, 0.3) is 0 Å². The Morgan fingerprint density at radius 1 is 1.00 bits per heavy atom. The Hall–Kier alpha value is -2.66. The SMILES string of the molecule is O=C(NCCCSc1ccccc1)c1occc1COc1ccccc1. The highest BCUT2D eigenvalue weighted by Crippen LogP contribution is 2.18. The molecule has 4 nitrogen and oxygen atoms in total. The molecule has 0 saturated heterocycles. The lowest BCUT2D eigenvalue weighted by atomic mass is 10.2. The zero-order valence-corrected chi connectivity index (χ0v) is 15.2. The predicted molar refractivity (Wildman–Crippen MR) is 104 cm³/mol. The van der Waals surface area contributed by atoms with Crippen molar-refractivity contribution in [2.45, 2.75) is 17.9 Å². The van der Waals surface area contributed by atoms with Crippen molar-refractivity contribution in [2.24, 2.45) is 0 Å². The highest BCUT2D eigenvalue weighted by Gasteiger charge is 2.15. The summed E-state index contributed by atoms with van der Waals surface area (Å²) >= 11 is 1.78. The van der Waals surface area contributed by atoms with Crippen LogP contribution in [0.15, 0.2) is 82.3 Å². The molecule has 0 bridgehead atoms. The molecule has 0 aliphatic rings. The van der Waals surface area contributed by atoms with Gasteiger partial charge in [-0.2, -0.15) is 0 Å². The lowest BCUT2D eigenvalue weighted by molar-refractivity contribution is 0.0922. The maximum Gasteiger partial charge on any atom is 0.287 e. The average Bonchev–Trinajstić information content (AvgIpc) is 3.16. The predicted octanol–water partition coefficient (Wildman–Crippen LogP) is 4.77. The second-order valence-electron chi connectivity index (χ2n) is 5.65. The Balaban J connectivity index is 1.41. The molecule has 3 aromatic rings. The van der Waals surface area contributed by atoms with E-state index < -0.39 is 0 Å². The van der Waals surface area contributed by atoms with E-state index >= 15 is 0 Å². The zero-order valence-electron chi connectivity index (χ0n) is 14.4. The number of ether oxygens (including phenoxy) is 1. The minimum absolute atomic E-state index is 0.202. The average molecular weight is 367 g/mol.